The molecule has 0 saturated carbocycles. The van der Waals surface area contributed by atoms with Crippen molar-refractivity contribution >= 4 is 0 Å². The van der Waals surface area contributed by atoms with Crippen LogP contribution in [0.5, 0.6) is 0 Å². The monoisotopic (exact) mass is 205 g/mol. The molecule has 1 aromatic rings. The van der Waals surface area contributed by atoms with Gasteiger partial charge in [0, 0.05) is 25.0 Å². The molecule has 2 rings (SSSR count). The summed E-state index contributed by atoms with van der Waals surface area (Å²) in [4.78, 5) is 6.64. The van der Waals surface area contributed by atoms with Gasteiger partial charge in [0.05, 0.1) is 0 Å². The Morgan fingerprint density at radius 2 is 2.20 bits per heavy atom. The van der Waals surface area contributed by atoms with Gasteiger partial charge in [-0.3, -0.25) is 9.88 Å². The second kappa shape index (κ2) is 4.73. The zero-order chi connectivity index (χ0) is 10.7. The summed E-state index contributed by atoms with van der Waals surface area (Å²) in [5, 5.41) is 0. The SMILES string of the molecule is Cc1ccncc1CN1CCC(N)CC1. The smallest absolute Gasteiger partial charge is 0.0315 e. The zero-order valence-corrected chi connectivity index (χ0v) is 9.32. The molecule has 0 unspecified atom stereocenters. The molecule has 1 aliphatic heterocycles. The normalized spacial score (nSPS) is 19.3. The van der Waals surface area contributed by atoms with Gasteiger partial charge in [0.25, 0.3) is 0 Å². The van der Waals surface area contributed by atoms with Crippen LogP contribution in [0.4, 0.5) is 0 Å². The quantitative estimate of drug-likeness (QED) is 0.791. The molecular formula is C12H19N3. The molecule has 1 fully saturated rings. The molecule has 0 aromatic carbocycles. The molecule has 1 saturated heterocycles. The maximum absolute atomic E-state index is 5.88. The van der Waals surface area contributed by atoms with E-state index >= 15 is 0 Å². The van der Waals surface area contributed by atoms with E-state index in [1.165, 1.54) is 11.1 Å². The summed E-state index contributed by atoms with van der Waals surface area (Å²) in [7, 11) is 0. The fraction of sp³-hybridized carbons (Fsp3) is 0.583. The molecule has 1 aliphatic rings. The highest BCUT2D eigenvalue weighted by molar-refractivity contribution is 5.21. The van der Waals surface area contributed by atoms with Crippen LogP contribution in [0.15, 0.2) is 18.5 Å². The van der Waals surface area contributed by atoms with Crippen LogP contribution >= 0.6 is 0 Å². The molecule has 0 amide bonds. The van der Waals surface area contributed by atoms with Crippen molar-refractivity contribution < 1.29 is 0 Å². The molecule has 15 heavy (non-hydrogen) atoms. The number of hydrogen-bond acceptors (Lipinski definition) is 3. The number of hydrogen-bond donors (Lipinski definition) is 1. The number of aryl methyl sites for hydroxylation is 1. The van der Waals surface area contributed by atoms with E-state index in [-0.39, 0.29) is 0 Å². The number of nitrogens with two attached hydrogens (primary N) is 1. The highest BCUT2D eigenvalue weighted by atomic mass is 15.1. The van der Waals surface area contributed by atoms with Crippen molar-refractivity contribution in [2.45, 2.75) is 32.4 Å². The minimum Gasteiger partial charge on any atom is -0.328 e. The maximum Gasteiger partial charge on any atom is 0.0315 e. The van der Waals surface area contributed by atoms with Gasteiger partial charge in [-0.2, -0.15) is 0 Å². The topological polar surface area (TPSA) is 42.2 Å². The second-order valence-electron chi connectivity index (χ2n) is 4.42. The Hall–Kier alpha value is -0.930. The van der Waals surface area contributed by atoms with Crippen molar-refractivity contribution in [3.8, 4) is 0 Å². The third kappa shape index (κ3) is 2.76. The highest BCUT2D eigenvalue weighted by Gasteiger charge is 2.16. The lowest BCUT2D eigenvalue weighted by Crippen LogP contribution is -2.39. The number of nitrogens with zero attached hydrogens (tertiary/aromatic N) is 2. The summed E-state index contributed by atoms with van der Waals surface area (Å²) < 4.78 is 0. The van der Waals surface area contributed by atoms with E-state index in [4.69, 9.17) is 5.73 Å². The van der Waals surface area contributed by atoms with Crippen LogP contribution in [-0.4, -0.2) is 29.0 Å². The number of rotatable bonds is 2. The second-order valence-corrected chi connectivity index (χ2v) is 4.42. The van der Waals surface area contributed by atoms with E-state index in [2.05, 4.69) is 22.9 Å². The van der Waals surface area contributed by atoms with E-state index in [0.29, 0.717) is 6.04 Å². The number of pyridine rings is 1. The van der Waals surface area contributed by atoms with E-state index in [1.54, 1.807) is 0 Å². The van der Waals surface area contributed by atoms with Crippen molar-refractivity contribution in [3.63, 3.8) is 0 Å². The molecule has 82 valence electrons. The number of piperidine rings is 1. The first-order valence-corrected chi connectivity index (χ1v) is 5.63. The van der Waals surface area contributed by atoms with Gasteiger partial charge >= 0.3 is 0 Å². The molecular weight excluding hydrogens is 186 g/mol. The molecule has 0 bridgehead atoms. The van der Waals surface area contributed by atoms with Crippen molar-refractivity contribution in [1.82, 2.24) is 9.88 Å². The minimum atomic E-state index is 0.413. The van der Waals surface area contributed by atoms with Gasteiger partial charge in [0.15, 0.2) is 0 Å². The number of likely N-dealkylation sites (tertiary alicyclic amines) is 1. The third-order valence-corrected chi connectivity index (χ3v) is 3.17. The first-order chi connectivity index (χ1) is 7.25. The van der Waals surface area contributed by atoms with Crippen LogP contribution < -0.4 is 5.73 Å². The summed E-state index contributed by atoms with van der Waals surface area (Å²) in [6.07, 6.45) is 6.08. The van der Waals surface area contributed by atoms with Gasteiger partial charge in [-0.1, -0.05) is 0 Å². The van der Waals surface area contributed by atoms with Crippen LogP contribution in [0.3, 0.4) is 0 Å². The predicted molar refractivity (Wildman–Crippen MR) is 61.5 cm³/mol. The van der Waals surface area contributed by atoms with E-state index in [1.807, 2.05) is 12.4 Å². The fourth-order valence-electron chi connectivity index (χ4n) is 2.01. The summed E-state index contributed by atoms with van der Waals surface area (Å²) in [5.74, 6) is 0. The van der Waals surface area contributed by atoms with Crippen molar-refractivity contribution in [3.05, 3.63) is 29.6 Å². The lowest BCUT2D eigenvalue weighted by Gasteiger charge is -2.30. The van der Waals surface area contributed by atoms with Gasteiger partial charge in [-0.15, -0.1) is 0 Å². The van der Waals surface area contributed by atoms with Gasteiger partial charge in [0.1, 0.15) is 0 Å². The molecule has 2 heterocycles. The zero-order valence-electron chi connectivity index (χ0n) is 9.32. The first kappa shape index (κ1) is 10.6. The van der Waals surface area contributed by atoms with Crippen molar-refractivity contribution in [2.24, 2.45) is 5.73 Å². The highest BCUT2D eigenvalue weighted by Crippen LogP contribution is 2.14. The van der Waals surface area contributed by atoms with Crippen molar-refractivity contribution in [1.29, 1.82) is 0 Å². The Morgan fingerprint density at radius 1 is 1.47 bits per heavy atom. The van der Waals surface area contributed by atoms with Crippen molar-refractivity contribution in [2.75, 3.05) is 13.1 Å². The van der Waals surface area contributed by atoms with E-state index in [9.17, 15) is 0 Å². The summed E-state index contributed by atoms with van der Waals surface area (Å²) >= 11 is 0. The van der Waals surface area contributed by atoms with Gasteiger partial charge in [-0.05, 0) is 50.0 Å². The van der Waals surface area contributed by atoms with Gasteiger partial charge < -0.3 is 5.73 Å². The third-order valence-electron chi connectivity index (χ3n) is 3.17. The summed E-state index contributed by atoms with van der Waals surface area (Å²) in [6, 6.07) is 2.49. The molecule has 0 radical (unpaired) electrons. The molecule has 0 spiro atoms. The van der Waals surface area contributed by atoms with E-state index < -0.39 is 0 Å². The Labute approximate surface area is 91.3 Å². The molecule has 2 N–H and O–H groups in total. The predicted octanol–water partition coefficient (Wildman–Crippen LogP) is 1.31. The van der Waals surface area contributed by atoms with Crippen LogP contribution in [0, 0.1) is 6.92 Å². The molecule has 3 nitrogen and oxygen atoms in total. The van der Waals surface area contributed by atoms with Crippen LogP contribution in [0.1, 0.15) is 24.0 Å². The Balaban J connectivity index is 1.95. The standard InChI is InChI=1S/C12H19N3/c1-10-2-5-14-8-11(10)9-15-6-3-12(13)4-7-15/h2,5,8,12H,3-4,6-7,9,13H2,1H3. The lowest BCUT2D eigenvalue weighted by molar-refractivity contribution is 0.205. The van der Waals surface area contributed by atoms with Crippen LogP contribution in [0.2, 0.25) is 0 Å². The minimum absolute atomic E-state index is 0.413. The largest absolute Gasteiger partial charge is 0.328 e. The summed E-state index contributed by atoms with van der Waals surface area (Å²) in [6.45, 7) is 5.41. The summed E-state index contributed by atoms with van der Waals surface area (Å²) in [5.41, 5.74) is 8.56. The first-order valence-electron chi connectivity index (χ1n) is 5.63. The van der Waals surface area contributed by atoms with Crippen LogP contribution in [-0.2, 0) is 6.54 Å². The van der Waals surface area contributed by atoms with Gasteiger partial charge in [0.2, 0.25) is 0 Å². The molecule has 0 atom stereocenters. The maximum atomic E-state index is 5.88. The molecule has 0 aliphatic carbocycles. The Bertz CT molecular complexity index is 316. The Kier molecular flexibility index (Phi) is 3.34. The average Bonchev–Trinajstić information content (AvgIpc) is 2.25. The van der Waals surface area contributed by atoms with E-state index in [0.717, 1.165) is 32.5 Å². The number of aromatic nitrogens is 1. The lowest BCUT2D eigenvalue weighted by atomic mass is 10.0. The molecule has 1 aromatic heterocycles. The van der Waals surface area contributed by atoms with Crippen LogP contribution in [0.25, 0.3) is 0 Å². The van der Waals surface area contributed by atoms with Gasteiger partial charge in [-0.25, -0.2) is 0 Å². The molecule has 3 heteroatoms. The Morgan fingerprint density at radius 3 is 2.87 bits per heavy atom. The fourth-order valence-corrected chi connectivity index (χ4v) is 2.01. The average molecular weight is 205 g/mol.